The third-order valence-corrected chi connectivity index (χ3v) is 5.59. The van der Waals surface area contributed by atoms with Crippen LogP contribution in [0.4, 0.5) is 10.1 Å². The van der Waals surface area contributed by atoms with Crippen molar-refractivity contribution in [1.82, 2.24) is 5.32 Å². The van der Waals surface area contributed by atoms with Crippen LogP contribution >= 0.6 is 0 Å². The standard InChI is InChI=1S/C21H27FN2O4S/c1-4-16-6-12-19(13-7-16)28-15-14-23-21(25)20(5-2)24(29(3,26)27)18-10-8-17(22)9-11-18/h6-13,20H,4-5,14-15H2,1-3H3,(H,23,25). The first kappa shape index (κ1) is 22.7. The summed E-state index contributed by atoms with van der Waals surface area (Å²) in [6, 6.07) is 11.8. The summed E-state index contributed by atoms with van der Waals surface area (Å²) in [5, 5.41) is 2.72. The van der Waals surface area contributed by atoms with Crippen molar-refractivity contribution in [1.29, 1.82) is 0 Å². The van der Waals surface area contributed by atoms with Gasteiger partial charge in [0.25, 0.3) is 0 Å². The van der Waals surface area contributed by atoms with Gasteiger partial charge in [0.05, 0.1) is 18.5 Å². The second-order valence-corrected chi connectivity index (χ2v) is 8.46. The highest BCUT2D eigenvalue weighted by molar-refractivity contribution is 7.92. The fourth-order valence-corrected chi connectivity index (χ4v) is 4.14. The molecule has 2 rings (SSSR count). The maximum atomic E-state index is 13.2. The molecule has 0 radical (unpaired) electrons. The molecule has 0 spiro atoms. The summed E-state index contributed by atoms with van der Waals surface area (Å²) in [5.74, 6) is -0.219. The van der Waals surface area contributed by atoms with E-state index in [1.165, 1.54) is 17.7 Å². The van der Waals surface area contributed by atoms with Crippen molar-refractivity contribution < 1.29 is 22.3 Å². The van der Waals surface area contributed by atoms with Gasteiger partial charge in [0, 0.05) is 0 Å². The van der Waals surface area contributed by atoms with Crippen LogP contribution in [0.1, 0.15) is 25.8 Å². The van der Waals surface area contributed by atoms with Gasteiger partial charge in [-0.05, 0) is 54.8 Å². The van der Waals surface area contributed by atoms with Crippen LogP contribution in [0.5, 0.6) is 5.75 Å². The lowest BCUT2D eigenvalue weighted by molar-refractivity contribution is -0.122. The van der Waals surface area contributed by atoms with Crippen LogP contribution in [0, 0.1) is 5.82 Å². The van der Waals surface area contributed by atoms with Crippen LogP contribution in [0.2, 0.25) is 0 Å². The molecule has 0 bridgehead atoms. The highest BCUT2D eigenvalue weighted by atomic mass is 32.2. The molecule has 8 heteroatoms. The third kappa shape index (κ3) is 6.45. The molecule has 2 aromatic rings. The Kier molecular flexibility index (Phi) is 8.01. The van der Waals surface area contributed by atoms with Crippen molar-refractivity contribution >= 4 is 21.6 Å². The van der Waals surface area contributed by atoms with E-state index in [1.807, 2.05) is 24.3 Å². The van der Waals surface area contributed by atoms with E-state index in [-0.39, 0.29) is 25.3 Å². The molecule has 6 nitrogen and oxygen atoms in total. The van der Waals surface area contributed by atoms with Gasteiger partial charge in [-0.2, -0.15) is 0 Å². The van der Waals surface area contributed by atoms with Crippen molar-refractivity contribution in [2.75, 3.05) is 23.7 Å². The Morgan fingerprint density at radius 3 is 2.24 bits per heavy atom. The van der Waals surface area contributed by atoms with Gasteiger partial charge in [0.1, 0.15) is 24.2 Å². The number of nitrogens with zero attached hydrogens (tertiary/aromatic N) is 1. The largest absolute Gasteiger partial charge is 0.492 e. The molecule has 0 saturated heterocycles. The lowest BCUT2D eigenvalue weighted by Gasteiger charge is -2.30. The van der Waals surface area contributed by atoms with Crippen LogP contribution in [0.15, 0.2) is 48.5 Å². The van der Waals surface area contributed by atoms with Crippen LogP contribution in [0.25, 0.3) is 0 Å². The molecule has 0 saturated carbocycles. The number of ether oxygens (including phenoxy) is 1. The third-order valence-electron chi connectivity index (χ3n) is 4.41. The summed E-state index contributed by atoms with van der Waals surface area (Å²) in [5.41, 5.74) is 1.45. The summed E-state index contributed by atoms with van der Waals surface area (Å²) in [4.78, 5) is 12.7. The number of anilines is 1. The molecule has 1 amide bonds. The van der Waals surface area contributed by atoms with Gasteiger partial charge >= 0.3 is 0 Å². The van der Waals surface area contributed by atoms with Crippen LogP contribution in [0.3, 0.4) is 0 Å². The molecule has 0 aliphatic rings. The number of aryl methyl sites for hydroxylation is 1. The number of halogens is 1. The number of benzene rings is 2. The van der Waals surface area contributed by atoms with E-state index in [9.17, 15) is 17.6 Å². The Balaban J connectivity index is 2.00. The topological polar surface area (TPSA) is 75.7 Å². The molecule has 158 valence electrons. The fourth-order valence-electron chi connectivity index (χ4n) is 2.93. The Bertz CT molecular complexity index is 899. The second kappa shape index (κ2) is 10.2. The number of rotatable bonds is 10. The van der Waals surface area contributed by atoms with Crippen molar-refractivity contribution in [2.45, 2.75) is 32.7 Å². The average Bonchev–Trinajstić information content (AvgIpc) is 2.69. The van der Waals surface area contributed by atoms with Crippen molar-refractivity contribution in [2.24, 2.45) is 0 Å². The zero-order valence-electron chi connectivity index (χ0n) is 16.9. The Hall–Kier alpha value is -2.61. The zero-order valence-corrected chi connectivity index (χ0v) is 17.7. The van der Waals surface area contributed by atoms with Gasteiger partial charge in [0.15, 0.2) is 0 Å². The van der Waals surface area contributed by atoms with Gasteiger partial charge in [-0.15, -0.1) is 0 Å². The molecular weight excluding hydrogens is 395 g/mol. The molecule has 0 heterocycles. The van der Waals surface area contributed by atoms with Gasteiger partial charge in [-0.3, -0.25) is 9.10 Å². The minimum atomic E-state index is -3.75. The molecule has 1 atom stereocenters. The fraction of sp³-hybridized carbons (Fsp3) is 0.381. The molecule has 1 unspecified atom stereocenters. The number of amides is 1. The Labute approximate surface area is 171 Å². The summed E-state index contributed by atoms with van der Waals surface area (Å²) in [6.07, 6.45) is 2.23. The highest BCUT2D eigenvalue weighted by Crippen LogP contribution is 2.22. The SMILES string of the molecule is CCc1ccc(OCCNC(=O)C(CC)N(c2ccc(F)cc2)S(C)(=O)=O)cc1. The number of carbonyl (C=O) groups is 1. The summed E-state index contributed by atoms with van der Waals surface area (Å²) in [6.45, 7) is 4.27. The van der Waals surface area contributed by atoms with Gasteiger partial charge in [0.2, 0.25) is 15.9 Å². The maximum absolute atomic E-state index is 13.2. The second-order valence-electron chi connectivity index (χ2n) is 6.60. The van der Waals surface area contributed by atoms with Gasteiger partial charge in [-0.25, -0.2) is 12.8 Å². The normalized spacial score (nSPS) is 12.3. The smallest absolute Gasteiger partial charge is 0.244 e. The molecule has 2 aromatic carbocycles. The van der Waals surface area contributed by atoms with E-state index < -0.39 is 27.8 Å². The van der Waals surface area contributed by atoms with Crippen LogP contribution < -0.4 is 14.4 Å². The quantitative estimate of drug-likeness (QED) is 0.597. The number of hydrogen-bond acceptors (Lipinski definition) is 4. The first-order valence-corrected chi connectivity index (χ1v) is 11.4. The number of hydrogen-bond donors (Lipinski definition) is 1. The number of carbonyl (C=O) groups excluding carboxylic acids is 1. The monoisotopic (exact) mass is 422 g/mol. The predicted octanol–water partition coefficient (Wildman–Crippen LogP) is 3.13. The summed E-state index contributed by atoms with van der Waals surface area (Å²) in [7, 11) is -3.75. The van der Waals surface area contributed by atoms with E-state index in [4.69, 9.17) is 4.74 Å². The molecule has 0 aromatic heterocycles. The van der Waals surface area contributed by atoms with E-state index in [0.717, 1.165) is 29.1 Å². The van der Waals surface area contributed by atoms with Gasteiger partial charge < -0.3 is 10.1 Å². The lowest BCUT2D eigenvalue weighted by atomic mass is 10.2. The summed E-state index contributed by atoms with van der Waals surface area (Å²) >= 11 is 0. The van der Waals surface area contributed by atoms with Crippen LogP contribution in [-0.4, -0.2) is 39.8 Å². The number of nitrogens with one attached hydrogen (secondary N) is 1. The van der Waals surface area contributed by atoms with Crippen LogP contribution in [-0.2, 0) is 21.2 Å². The number of sulfonamides is 1. The zero-order chi connectivity index (χ0) is 21.4. The molecule has 0 fully saturated rings. The van der Waals surface area contributed by atoms with Crippen molar-refractivity contribution in [3.8, 4) is 5.75 Å². The molecule has 1 N–H and O–H groups in total. The summed E-state index contributed by atoms with van der Waals surface area (Å²) < 4.78 is 44.5. The molecule has 0 aliphatic heterocycles. The van der Waals surface area contributed by atoms with Gasteiger partial charge in [-0.1, -0.05) is 26.0 Å². The minimum absolute atomic E-state index is 0.228. The molecular formula is C21H27FN2O4S. The first-order chi connectivity index (χ1) is 13.8. The van der Waals surface area contributed by atoms with E-state index in [2.05, 4.69) is 12.2 Å². The maximum Gasteiger partial charge on any atom is 0.244 e. The van der Waals surface area contributed by atoms with E-state index in [1.54, 1.807) is 6.92 Å². The Morgan fingerprint density at radius 2 is 1.72 bits per heavy atom. The Morgan fingerprint density at radius 1 is 1.10 bits per heavy atom. The first-order valence-electron chi connectivity index (χ1n) is 9.50. The molecule has 29 heavy (non-hydrogen) atoms. The highest BCUT2D eigenvalue weighted by Gasteiger charge is 2.31. The van der Waals surface area contributed by atoms with Crippen molar-refractivity contribution in [3.05, 3.63) is 59.9 Å². The lowest BCUT2D eigenvalue weighted by Crippen LogP contribution is -2.50. The van der Waals surface area contributed by atoms with E-state index >= 15 is 0 Å². The van der Waals surface area contributed by atoms with E-state index in [0.29, 0.717) is 5.75 Å². The van der Waals surface area contributed by atoms with Crippen molar-refractivity contribution in [3.63, 3.8) is 0 Å². The average molecular weight is 423 g/mol. The molecule has 0 aliphatic carbocycles. The minimum Gasteiger partial charge on any atom is -0.492 e. The predicted molar refractivity (Wildman–Crippen MR) is 112 cm³/mol.